The number of rotatable bonds is 7. The molecule has 1 N–H and O–H groups in total. The van der Waals surface area contributed by atoms with Gasteiger partial charge in [0.1, 0.15) is 23.9 Å². The lowest BCUT2D eigenvalue weighted by molar-refractivity contribution is -0.205. The molecule has 2 fully saturated rings. The summed E-state index contributed by atoms with van der Waals surface area (Å²) in [6.45, 7) is 3.81. The molecule has 8 heteroatoms. The number of aromatic amines is 1. The molecule has 0 radical (unpaired) electrons. The molecule has 6 rings (SSSR count). The van der Waals surface area contributed by atoms with Gasteiger partial charge in [-0.2, -0.15) is 0 Å². The van der Waals surface area contributed by atoms with Gasteiger partial charge >= 0.3 is 5.69 Å². The number of benzene rings is 3. The summed E-state index contributed by atoms with van der Waals surface area (Å²) in [5.74, 6) is -0.878. The number of hydrogen-bond acceptors (Lipinski definition) is 6. The first-order valence-electron chi connectivity index (χ1n) is 13.0. The fourth-order valence-electron chi connectivity index (χ4n) is 5.62. The van der Waals surface area contributed by atoms with Crippen LogP contribution in [0.1, 0.15) is 36.8 Å². The van der Waals surface area contributed by atoms with Crippen molar-refractivity contribution in [1.29, 1.82) is 0 Å². The standard InChI is InChI=1S/C31H30N2O6/c1-30(2)38-26-24(37-28(27(26)39-30)33-19-18-25(34)32-29(33)35)20-36-31(21-12-6-3-7-13-21,22-14-8-4-9-15-22)23-16-10-5-11-17-23/h3-19,24,26-28H,20H2,1-2H3,(H,32,34,35)/t24-,26-,27-,28+/m1/s1. The van der Waals surface area contributed by atoms with Crippen molar-refractivity contribution in [3.05, 3.63) is 141 Å². The highest BCUT2D eigenvalue weighted by Crippen LogP contribution is 2.45. The van der Waals surface area contributed by atoms with Crippen molar-refractivity contribution < 1.29 is 18.9 Å². The number of H-pyrrole nitrogens is 1. The molecule has 0 spiro atoms. The summed E-state index contributed by atoms with van der Waals surface area (Å²) < 4.78 is 27.2. The van der Waals surface area contributed by atoms with Gasteiger partial charge in [-0.05, 0) is 30.5 Å². The van der Waals surface area contributed by atoms with Crippen molar-refractivity contribution in [2.75, 3.05) is 6.61 Å². The van der Waals surface area contributed by atoms with Gasteiger partial charge in [-0.15, -0.1) is 0 Å². The molecule has 39 heavy (non-hydrogen) atoms. The van der Waals surface area contributed by atoms with Crippen LogP contribution in [0.3, 0.4) is 0 Å². The second kappa shape index (κ2) is 10.1. The van der Waals surface area contributed by atoms with Crippen molar-refractivity contribution in [2.24, 2.45) is 0 Å². The third-order valence-corrected chi connectivity index (χ3v) is 7.26. The molecule has 0 bridgehead atoms. The second-order valence-electron chi connectivity index (χ2n) is 10.2. The molecular formula is C31H30N2O6. The summed E-state index contributed by atoms with van der Waals surface area (Å²) >= 11 is 0. The highest BCUT2D eigenvalue weighted by Gasteiger charge is 2.56. The highest BCUT2D eigenvalue weighted by molar-refractivity contribution is 5.47. The number of nitrogens with one attached hydrogen (secondary N) is 1. The predicted molar refractivity (Wildman–Crippen MR) is 144 cm³/mol. The average Bonchev–Trinajstić information content (AvgIpc) is 3.44. The maximum atomic E-state index is 12.7. The molecule has 0 unspecified atom stereocenters. The number of hydrogen-bond donors (Lipinski definition) is 1. The minimum Gasteiger partial charge on any atom is -0.358 e. The van der Waals surface area contributed by atoms with Crippen LogP contribution in [0.2, 0.25) is 0 Å². The molecule has 2 aliphatic rings. The van der Waals surface area contributed by atoms with E-state index in [1.165, 1.54) is 16.8 Å². The van der Waals surface area contributed by atoms with Gasteiger partial charge < -0.3 is 18.9 Å². The molecule has 8 nitrogen and oxygen atoms in total. The molecule has 0 saturated carbocycles. The average molecular weight is 527 g/mol. The molecule has 0 amide bonds. The van der Waals surface area contributed by atoms with Crippen LogP contribution in [0.25, 0.3) is 0 Å². The van der Waals surface area contributed by atoms with Gasteiger partial charge in [0.25, 0.3) is 5.56 Å². The zero-order valence-electron chi connectivity index (χ0n) is 21.7. The zero-order chi connectivity index (χ0) is 27.0. The summed E-state index contributed by atoms with van der Waals surface area (Å²) in [6, 6.07) is 31.5. The van der Waals surface area contributed by atoms with E-state index < -0.39 is 47.2 Å². The van der Waals surface area contributed by atoms with Crippen LogP contribution in [0.5, 0.6) is 0 Å². The fraction of sp³-hybridized carbons (Fsp3) is 0.290. The van der Waals surface area contributed by atoms with E-state index >= 15 is 0 Å². The molecule has 2 aliphatic heterocycles. The predicted octanol–water partition coefficient (Wildman–Crippen LogP) is 3.96. The minimum atomic E-state index is -0.940. The fourth-order valence-corrected chi connectivity index (χ4v) is 5.62. The Labute approximate surface area is 225 Å². The van der Waals surface area contributed by atoms with Crippen molar-refractivity contribution in [2.45, 2.75) is 49.8 Å². The monoisotopic (exact) mass is 526 g/mol. The van der Waals surface area contributed by atoms with Gasteiger partial charge in [0.2, 0.25) is 0 Å². The Balaban J connectivity index is 1.40. The largest absolute Gasteiger partial charge is 0.358 e. The van der Waals surface area contributed by atoms with E-state index in [2.05, 4.69) is 41.4 Å². The van der Waals surface area contributed by atoms with Gasteiger partial charge in [0.15, 0.2) is 12.0 Å². The third kappa shape index (κ3) is 4.66. The van der Waals surface area contributed by atoms with Gasteiger partial charge in [0.05, 0.1) is 6.61 Å². The van der Waals surface area contributed by atoms with E-state index in [0.29, 0.717) is 0 Å². The summed E-state index contributed by atoms with van der Waals surface area (Å²) in [5, 5.41) is 0. The lowest BCUT2D eigenvalue weighted by atomic mass is 9.80. The molecule has 3 aromatic carbocycles. The highest BCUT2D eigenvalue weighted by atomic mass is 16.8. The quantitative estimate of drug-likeness (QED) is 0.367. The van der Waals surface area contributed by atoms with Crippen molar-refractivity contribution in [1.82, 2.24) is 9.55 Å². The number of fused-ring (bicyclic) bond motifs is 1. The Morgan fingerprint density at radius 3 is 1.82 bits per heavy atom. The van der Waals surface area contributed by atoms with Gasteiger partial charge in [-0.3, -0.25) is 14.3 Å². The topological polar surface area (TPSA) is 91.8 Å². The van der Waals surface area contributed by atoms with Gasteiger partial charge in [-0.25, -0.2) is 4.79 Å². The molecule has 4 aromatic rings. The lowest BCUT2D eigenvalue weighted by Crippen LogP contribution is -2.39. The Kier molecular flexibility index (Phi) is 6.56. The Morgan fingerprint density at radius 1 is 0.795 bits per heavy atom. The van der Waals surface area contributed by atoms with Crippen LogP contribution in [-0.4, -0.2) is 40.3 Å². The minimum absolute atomic E-state index is 0.147. The molecular weight excluding hydrogens is 496 g/mol. The summed E-state index contributed by atoms with van der Waals surface area (Å²) in [5.41, 5.74) is 0.906. The number of nitrogens with zero attached hydrogens (tertiary/aromatic N) is 1. The first-order valence-corrected chi connectivity index (χ1v) is 13.0. The molecule has 1 aromatic heterocycles. The van der Waals surface area contributed by atoms with E-state index in [1.54, 1.807) is 0 Å². The van der Waals surface area contributed by atoms with E-state index in [0.717, 1.165) is 16.7 Å². The van der Waals surface area contributed by atoms with Crippen LogP contribution in [0, 0.1) is 0 Å². The summed E-state index contributed by atoms with van der Waals surface area (Å²) in [6.07, 6.45) is -1.01. The lowest BCUT2D eigenvalue weighted by Gasteiger charge is -2.37. The maximum absolute atomic E-state index is 12.7. The molecule has 0 aliphatic carbocycles. The molecule has 3 heterocycles. The van der Waals surface area contributed by atoms with Crippen molar-refractivity contribution in [3.63, 3.8) is 0 Å². The van der Waals surface area contributed by atoms with Gasteiger partial charge in [0, 0.05) is 12.3 Å². The first-order chi connectivity index (χ1) is 18.9. The zero-order valence-corrected chi connectivity index (χ0v) is 21.7. The SMILES string of the molecule is CC1(C)O[C@@H]2[C@H](O1)[C@@H](COC(c1ccccc1)(c1ccccc1)c1ccccc1)O[C@@H]2n1ccc(=O)[nH]c1=O. The molecule has 2 saturated heterocycles. The molecule has 200 valence electrons. The van der Waals surface area contributed by atoms with Crippen LogP contribution in [0.4, 0.5) is 0 Å². The van der Waals surface area contributed by atoms with Crippen LogP contribution in [-0.2, 0) is 24.5 Å². The number of aromatic nitrogens is 2. The Morgan fingerprint density at radius 2 is 1.31 bits per heavy atom. The normalized spacial score (nSPS) is 23.9. The summed E-state index contributed by atoms with van der Waals surface area (Å²) in [4.78, 5) is 26.6. The maximum Gasteiger partial charge on any atom is 0.330 e. The van der Waals surface area contributed by atoms with Crippen LogP contribution < -0.4 is 11.2 Å². The smallest absolute Gasteiger partial charge is 0.330 e. The molecule has 4 atom stereocenters. The summed E-state index contributed by atoms with van der Waals surface area (Å²) in [7, 11) is 0. The third-order valence-electron chi connectivity index (χ3n) is 7.26. The Bertz CT molecular complexity index is 1440. The first kappa shape index (κ1) is 25.5. The van der Waals surface area contributed by atoms with E-state index in [-0.39, 0.29) is 6.61 Å². The second-order valence-corrected chi connectivity index (χ2v) is 10.2. The van der Waals surface area contributed by atoms with Crippen LogP contribution in [0.15, 0.2) is 113 Å². The van der Waals surface area contributed by atoms with Crippen molar-refractivity contribution >= 4 is 0 Å². The number of ether oxygens (including phenoxy) is 4. The van der Waals surface area contributed by atoms with Crippen LogP contribution >= 0.6 is 0 Å². The van der Waals surface area contributed by atoms with E-state index in [1.807, 2.05) is 68.4 Å². The van der Waals surface area contributed by atoms with E-state index in [4.69, 9.17) is 18.9 Å². The van der Waals surface area contributed by atoms with E-state index in [9.17, 15) is 9.59 Å². The van der Waals surface area contributed by atoms with Gasteiger partial charge in [-0.1, -0.05) is 91.0 Å². The Hall–Kier alpha value is -3.82. The van der Waals surface area contributed by atoms with Crippen molar-refractivity contribution in [3.8, 4) is 0 Å².